The summed E-state index contributed by atoms with van der Waals surface area (Å²) in [6, 6.07) is 13.1. The Morgan fingerprint density at radius 1 is 1.08 bits per heavy atom. The van der Waals surface area contributed by atoms with Gasteiger partial charge in [-0.2, -0.15) is 18.3 Å². The number of nitrogens with zero attached hydrogens (tertiary/aromatic N) is 2. The van der Waals surface area contributed by atoms with E-state index >= 15 is 0 Å². The van der Waals surface area contributed by atoms with Crippen LogP contribution in [0, 0.1) is 6.92 Å². The van der Waals surface area contributed by atoms with Gasteiger partial charge in [0.05, 0.1) is 16.9 Å². The molecule has 8 heteroatoms. The van der Waals surface area contributed by atoms with Crippen LogP contribution in [0.3, 0.4) is 0 Å². The summed E-state index contributed by atoms with van der Waals surface area (Å²) >= 11 is 0. The largest absolute Gasteiger partial charge is 0.416 e. The highest BCUT2D eigenvalue weighted by Crippen LogP contribution is 2.30. The topological polar surface area (TPSA) is 59.0 Å². The Labute approximate surface area is 147 Å². The maximum atomic E-state index is 12.7. The van der Waals surface area contributed by atoms with Crippen LogP contribution in [0.15, 0.2) is 60.8 Å². The molecule has 0 aliphatic carbocycles. The summed E-state index contributed by atoms with van der Waals surface area (Å²) in [5, 5.41) is 4.18. The molecule has 2 aromatic carbocycles. The van der Waals surface area contributed by atoms with Gasteiger partial charge >= 0.3 is 6.18 Å². The SMILES string of the molecule is Cc1ccnn1-c1ccc(C(=O)NNc2cccc(C(F)(F)F)c2)cc1. The number of benzene rings is 2. The fourth-order valence-electron chi connectivity index (χ4n) is 2.37. The van der Waals surface area contributed by atoms with E-state index in [0.29, 0.717) is 5.56 Å². The molecule has 0 saturated heterocycles. The van der Waals surface area contributed by atoms with E-state index in [-0.39, 0.29) is 5.69 Å². The lowest BCUT2D eigenvalue weighted by Gasteiger charge is -2.12. The molecule has 0 aliphatic heterocycles. The van der Waals surface area contributed by atoms with E-state index in [9.17, 15) is 18.0 Å². The van der Waals surface area contributed by atoms with Crippen molar-refractivity contribution in [2.45, 2.75) is 13.1 Å². The summed E-state index contributed by atoms with van der Waals surface area (Å²) in [6.07, 6.45) is -2.77. The highest BCUT2D eigenvalue weighted by molar-refractivity contribution is 5.95. The van der Waals surface area contributed by atoms with Gasteiger partial charge < -0.3 is 0 Å². The van der Waals surface area contributed by atoms with E-state index in [1.165, 1.54) is 12.1 Å². The molecular weight excluding hydrogens is 345 g/mol. The van der Waals surface area contributed by atoms with Crippen LogP contribution in [-0.2, 0) is 6.18 Å². The first-order chi connectivity index (χ1) is 12.3. The summed E-state index contributed by atoms with van der Waals surface area (Å²) in [5.74, 6) is -0.467. The number of carbonyl (C=O) groups is 1. The van der Waals surface area contributed by atoms with Crippen molar-refractivity contribution in [3.63, 3.8) is 0 Å². The van der Waals surface area contributed by atoms with Crippen LogP contribution < -0.4 is 10.9 Å². The predicted octanol–water partition coefficient (Wildman–Crippen LogP) is 3.96. The minimum Gasteiger partial charge on any atom is -0.298 e. The molecular formula is C18H15F3N4O. The lowest BCUT2D eigenvalue weighted by molar-refractivity contribution is -0.137. The number of amides is 1. The number of carbonyl (C=O) groups excluding carboxylic acids is 1. The molecule has 3 aromatic rings. The molecule has 0 radical (unpaired) electrons. The highest BCUT2D eigenvalue weighted by atomic mass is 19.4. The second kappa shape index (κ2) is 6.91. The number of rotatable bonds is 4. The van der Waals surface area contributed by atoms with Crippen molar-refractivity contribution < 1.29 is 18.0 Å². The number of nitrogens with one attached hydrogen (secondary N) is 2. The van der Waals surface area contributed by atoms with Gasteiger partial charge in [0, 0.05) is 17.5 Å². The normalized spacial score (nSPS) is 11.2. The number of anilines is 1. The van der Waals surface area contributed by atoms with Crippen molar-refractivity contribution in [3.8, 4) is 5.69 Å². The molecule has 1 amide bonds. The number of alkyl halides is 3. The van der Waals surface area contributed by atoms with Crippen molar-refractivity contribution >= 4 is 11.6 Å². The zero-order chi connectivity index (χ0) is 18.7. The Balaban J connectivity index is 1.66. The van der Waals surface area contributed by atoms with E-state index in [0.717, 1.165) is 23.5 Å². The highest BCUT2D eigenvalue weighted by Gasteiger charge is 2.30. The van der Waals surface area contributed by atoms with Gasteiger partial charge in [0.25, 0.3) is 5.91 Å². The lowest BCUT2D eigenvalue weighted by atomic mass is 10.2. The van der Waals surface area contributed by atoms with Crippen molar-refractivity contribution in [1.82, 2.24) is 15.2 Å². The van der Waals surface area contributed by atoms with Crippen molar-refractivity contribution in [2.24, 2.45) is 0 Å². The number of hydrogen-bond donors (Lipinski definition) is 2. The summed E-state index contributed by atoms with van der Waals surface area (Å²) in [7, 11) is 0. The minimum absolute atomic E-state index is 0.136. The molecule has 2 N–H and O–H groups in total. The zero-order valence-corrected chi connectivity index (χ0v) is 13.7. The molecule has 1 heterocycles. The van der Waals surface area contributed by atoms with Gasteiger partial charge in [-0.05, 0) is 55.5 Å². The fraction of sp³-hybridized carbons (Fsp3) is 0.111. The molecule has 0 fully saturated rings. The maximum absolute atomic E-state index is 12.7. The Morgan fingerprint density at radius 3 is 2.42 bits per heavy atom. The Morgan fingerprint density at radius 2 is 1.81 bits per heavy atom. The molecule has 0 saturated carbocycles. The third kappa shape index (κ3) is 3.85. The molecule has 5 nitrogen and oxygen atoms in total. The number of hydrazine groups is 1. The van der Waals surface area contributed by atoms with Crippen molar-refractivity contribution in [1.29, 1.82) is 0 Å². The van der Waals surface area contributed by atoms with Crippen LogP contribution in [0.25, 0.3) is 5.69 Å². The van der Waals surface area contributed by atoms with Crippen LogP contribution in [0.1, 0.15) is 21.6 Å². The van der Waals surface area contributed by atoms with E-state index in [4.69, 9.17) is 0 Å². The lowest BCUT2D eigenvalue weighted by Crippen LogP contribution is -2.29. The molecule has 0 atom stereocenters. The molecule has 0 spiro atoms. The van der Waals surface area contributed by atoms with Gasteiger partial charge in [0.2, 0.25) is 0 Å². The van der Waals surface area contributed by atoms with Gasteiger partial charge in [0.1, 0.15) is 0 Å². The van der Waals surface area contributed by atoms with Crippen LogP contribution >= 0.6 is 0 Å². The van der Waals surface area contributed by atoms with Gasteiger partial charge in [-0.15, -0.1) is 0 Å². The van der Waals surface area contributed by atoms with Gasteiger partial charge in [-0.1, -0.05) is 6.07 Å². The third-order valence-electron chi connectivity index (χ3n) is 3.72. The fourth-order valence-corrected chi connectivity index (χ4v) is 2.37. The van der Waals surface area contributed by atoms with Gasteiger partial charge in [0.15, 0.2) is 0 Å². The third-order valence-corrected chi connectivity index (χ3v) is 3.72. The molecule has 0 bridgehead atoms. The summed E-state index contributed by atoms with van der Waals surface area (Å²) in [6.45, 7) is 1.91. The van der Waals surface area contributed by atoms with E-state index in [1.807, 2.05) is 13.0 Å². The van der Waals surface area contributed by atoms with E-state index in [2.05, 4.69) is 16.0 Å². The maximum Gasteiger partial charge on any atom is 0.416 e. The average molecular weight is 360 g/mol. The smallest absolute Gasteiger partial charge is 0.298 e. The number of halogens is 3. The molecule has 134 valence electrons. The number of aromatic nitrogens is 2. The second-order valence-corrected chi connectivity index (χ2v) is 5.59. The van der Waals surface area contributed by atoms with Crippen LogP contribution in [0.2, 0.25) is 0 Å². The number of aryl methyl sites for hydroxylation is 1. The first-order valence-electron chi connectivity index (χ1n) is 7.69. The molecule has 0 unspecified atom stereocenters. The monoisotopic (exact) mass is 360 g/mol. The molecule has 0 aliphatic rings. The molecule has 3 rings (SSSR count). The molecule has 26 heavy (non-hydrogen) atoms. The Bertz CT molecular complexity index is 917. The average Bonchev–Trinajstić information content (AvgIpc) is 3.05. The van der Waals surface area contributed by atoms with Gasteiger partial charge in [-0.25, -0.2) is 4.68 Å². The van der Waals surface area contributed by atoms with Gasteiger partial charge in [-0.3, -0.25) is 15.6 Å². The zero-order valence-electron chi connectivity index (χ0n) is 13.7. The first kappa shape index (κ1) is 17.5. The van der Waals surface area contributed by atoms with Crippen LogP contribution in [0.5, 0.6) is 0 Å². The summed E-state index contributed by atoms with van der Waals surface area (Å²) in [5.41, 5.74) is 6.32. The predicted molar refractivity (Wildman–Crippen MR) is 90.8 cm³/mol. The second-order valence-electron chi connectivity index (χ2n) is 5.59. The van der Waals surface area contributed by atoms with E-state index in [1.54, 1.807) is 35.1 Å². The standard InChI is InChI=1S/C18H15F3N4O/c1-12-9-10-22-25(12)16-7-5-13(6-8-16)17(26)24-23-15-4-2-3-14(11-15)18(19,20)21/h2-11,23H,1H3,(H,24,26). The summed E-state index contributed by atoms with van der Waals surface area (Å²) in [4.78, 5) is 12.1. The molecule has 1 aromatic heterocycles. The van der Waals surface area contributed by atoms with Crippen molar-refractivity contribution in [2.75, 3.05) is 5.43 Å². The first-order valence-corrected chi connectivity index (χ1v) is 7.69. The van der Waals surface area contributed by atoms with Crippen molar-refractivity contribution in [3.05, 3.63) is 77.6 Å². The Kier molecular flexibility index (Phi) is 4.66. The number of hydrogen-bond acceptors (Lipinski definition) is 3. The minimum atomic E-state index is -4.44. The Hall–Kier alpha value is -3.29. The van der Waals surface area contributed by atoms with E-state index < -0.39 is 17.6 Å². The quantitative estimate of drug-likeness (QED) is 0.693. The van der Waals surface area contributed by atoms with Crippen LogP contribution in [-0.4, -0.2) is 15.7 Å². The summed E-state index contributed by atoms with van der Waals surface area (Å²) < 4.78 is 39.8. The van der Waals surface area contributed by atoms with Crippen LogP contribution in [0.4, 0.5) is 18.9 Å².